The van der Waals surface area contributed by atoms with Gasteiger partial charge in [0, 0.05) is 24.3 Å². The molecule has 1 aromatic carbocycles. The smallest absolute Gasteiger partial charge is 0.416 e. The second-order valence-electron chi connectivity index (χ2n) is 10.1. The van der Waals surface area contributed by atoms with Gasteiger partial charge in [0.2, 0.25) is 0 Å². The quantitative estimate of drug-likeness (QED) is 0.523. The Morgan fingerprint density at radius 1 is 1.03 bits per heavy atom. The van der Waals surface area contributed by atoms with Crippen molar-refractivity contribution in [1.29, 1.82) is 0 Å². The summed E-state index contributed by atoms with van der Waals surface area (Å²) in [5, 5.41) is 0. The Morgan fingerprint density at radius 3 is 2.47 bits per heavy atom. The summed E-state index contributed by atoms with van der Waals surface area (Å²) in [7, 11) is 0. The summed E-state index contributed by atoms with van der Waals surface area (Å²) in [4.78, 5) is 34.5. The fraction of sp³-hybridized carbons (Fsp3) is 0.519. The van der Waals surface area contributed by atoms with E-state index in [0.29, 0.717) is 12.4 Å². The molecule has 0 spiro atoms. The van der Waals surface area contributed by atoms with Crippen molar-refractivity contribution in [1.82, 2.24) is 9.88 Å². The van der Waals surface area contributed by atoms with Crippen LogP contribution in [-0.2, 0) is 16.1 Å². The highest BCUT2D eigenvalue weighted by atomic mass is 16.6. The van der Waals surface area contributed by atoms with Crippen molar-refractivity contribution in [3.63, 3.8) is 0 Å². The number of hydrogen-bond donors (Lipinski definition) is 0. The summed E-state index contributed by atoms with van der Waals surface area (Å²) in [6.07, 6.45) is 6.65. The maximum atomic E-state index is 13.3. The van der Waals surface area contributed by atoms with Crippen molar-refractivity contribution >= 4 is 18.0 Å². The van der Waals surface area contributed by atoms with Gasteiger partial charge in [-0.3, -0.25) is 4.90 Å². The Kier molecular flexibility index (Phi) is 7.39. The molecule has 1 saturated heterocycles. The predicted octanol–water partition coefficient (Wildman–Crippen LogP) is 6.24. The first-order chi connectivity index (χ1) is 16.3. The van der Waals surface area contributed by atoms with Gasteiger partial charge in [0.05, 0.1) is 6.04 Å². The van der Waals surface area contributed by atoms with Crippen LogP contribution in [0.2, 0.25) is 0 Å². The van der Waals surface area contributed by atoms with Crippen LogP contribution in [0.3, 0.4) is 0 Å². The molecule has 1 saturated carbocycles. The van der Waals surface area contributed by atoms with Gasteiger partial charge in [-0.2, -0.15) is 0 Å². The zero-order chi connectivity index (χ0) is 24.1. The highest BCUT2D eigenvalue weighted by molar-refractivity contribution is 5.88. The minimum absolute atomic E-state index is 0.0448. The zero-order valence-electron chi connectivity index (χ0n) is 20.4. The van der Waals surface area contributed by atoms with Crippen LogP contribution in [0.4, 0.5) is 15.4 Å². The summed E-state index contributed by atoms with van der Waals surface area (Å²) in [5.41, 5.74) is 1.21. The number of rotatable bonds is 5. The Bertz CT molecular complexity index is 983. The number of aromatic nitrogens is 1. The van der Waals surface area contributed by atoms with Crippen molar-refractivity contribution in [2.75, 3.05) is 11.4 Å². The minimum Gasteiger partial charge on any atom is -0.445 e. The molecule has 7 nitrogen and oxygen atoms in total. The van der Waals surface area contributed by atoms with Gasteiger partial charge in [-0.15, -0.1) is 0 Å². The highest BCUT2D eigenvalue weighted by Crippen LogP contribution is 2.39. The molecule has 7 heteroatoms. The van der Waals surface area contributed by atoms with Gasteiger partial charge < -0.3 is 14.4 Å². The third kappa shape index (κ3) is 5.69. The van der Waals surface area contributed by atoms with E-state index >= 15 is 0 Å². The average molecular weight is 466 g/mol. The molecule has 2 heterocycles. The van der Waals surface area contributed by atoms with Crippen molar-refractivity contribution in [2.24, 2.45) is 0 Å². The minimum atomic E-state index is -0.608. The predicted molar refractivity (Wildman–Crippen MR) is 131 cm³/mol. The van der Waals surface area contributed by atoms with E-state index in [9.17, 15) is 9.59 Å². The fourth-order valence-corrected chi connectivity index (χ4v) is 4.86. The molecule has 182 valence electrons. The molecule has 1 atom stereocenters. The van der Waals surface area contributed by atoms with Gasteiger partial charge in [0.15, 0.2) is 0 Å². The molecule has 34 heavy (non-hydrogen) atoms. The second-order valence-corrected chi connectivity index (χ2v) is 10.1. The number of carbonyl (C=O) groups excluding carboxylic acids is 2. The molecule has 0 N–H and O–H groups in total. The van der Waals surface area contributed by atoms with Crippen molar-refractivity contribution in [2.45, 2.75) is 83.6 Å². The van der Waals surface area contributed by atoms with Crippen LogP contribution in [0.1, 0.15) is 76.5 Å². The first-order valence-corrected chi connectivity index (χ1v) is 12.3. The Hall–Kier alpha value is -3.09. The molecule has 1 unspecified atom stereocenters. The van der Waals surface area contributed by atoms with E-state index in [1.807, 2.05) is 63.2 Å². The van der Waals surface area contributed by atoms with Crippen LogP contribution in [-0.4, -0.2) is 40.3 Å². The first kappa shape index (κ1) is 24.0. The van der Waals surface area contributed by atoms with Gasteiger partial charge in [-0.1, -0.05) is 49.2 Å². The van der Waals surface area contributed by atoms with Crippen molar-refractivity contribution in [3.05, 3.63) is 59.8 Å². The second kappa shape index (κ2) is 10.5. The number of ether oxygens (including phenoxy) is 2. The Labute approximate surface area is 202 Å². The van der Waals surface area contributed by atoms with Crippen LogP contribution >= 0.6 is 0 Å². The van der Waals surface area contributed by atoms with E-state index in [1.165, 1.54) is 0 Å². The molecular weight excluding hydrogens is 430 g/mol. The lowest BCUT2D eigenvalue weighted by Crippen LogP contribution is -2.44. The molecule has 0 bridgehead atoms. The first-order valence-electron chi connectivity index (χ1n) is 12.3. The molecule has 4 rings (SSSR count). The van der Waals surface area contributed by atoms with Gasteiger partial charge in [0.25, 0.3) is 0 Å². The monoisotopic (exact) mass is 465 g/mol. The molecule has 2 amide bonds. The van der Waals surface area contributed by atoms with Gasteiger partial charge in [-0.25, -0.2) is 14.6 Å². The number of nitrogens with zero attached hydrogens (tertiary/aromatic N) is 3. The lowest BCUT2D eigenvalue weighted by Gasteiger charge is -2.34. The van der Waals surface area contributed by atoms with E-state index in [-0.39, 0.29) is 30.9 Å². The van der Waals surface area contributed by atoms with Crippen molar-refractivity contribution < 1.29 is 19.1 Å². The largest absolute Gasteiger partial charge is 0.445 e. The van der Waals surface area contributed by atoms with Gasteiger partial charge >= 0.3 is 12.2 Å². The molecular formula is C27H35N3O4. The molecule has 2 aliphatic rings. The summed E-state index contributed by atoms with van der Waals surface area (Å²) in [5.74, 6) is 0.594. The molecule has 1 aromatic heterocycles. The number of carbonyl (C=O) groups is 2. The molecule has 0 radical (unpaired) electrons. The summed E-state index contributed by atoms with van der Waals surface area (Å²) in [6.45, 7) is 6.47. The number of amides is 2. The van der Waals surface area contributed by atoms with E-state index in [4.69, 9.17) is 9.47 Å². The average Bonchev–Trinajstić information content (AvgIpc) is 3.50. The van der Waals surface area contributed by atoms with Crippen LogP contribution in [0, 0.1) is 0 Å². The van der Waals surface area contributed by atoms with Crippen LogP contribution in [0.25, 0.3) is 0 Å². The summed E-state index contributed by atoms with van der Waals surface area (Å²) in [6, 6.07) is 13.4. The van der Waals surface area contributed by atoms with Crippen LogP contribution < -0.4 is 4.90 Å². The lowest BCUT2D eigenvalue weighted by molar-refractivity contribution is 0.0564. The molecule has 2 aromatic rings. The Morgan fingerprint density at radius 2 is 1.76 bits per heavy atom. The molecule has 1 aliphatic heterocycles. The number of anilines is 1. The maximum absolute atomic E-state index is 13.3. The Balaban J connectivity index is 1.59. The van der Waals surface area contributed by atoms with Crippen LogP contribution in [0.15, 0.2) is 48.7 Å². The number of benzene rings is 1. The molecule has 1 aliphatic carbocycles. The zero-order valence-corrected chi connectivity index (χ0v) is 20.4. The topological polar surface area (TPSA) is 72.0 Å². The van der Waals surface area contributed by atoms with Gasteiger partial charge in [-0.05, 0) is 58.1 Å². The number of likely N-dealkylation sites (tertiary alicyclic amines) is 1. The van der Waals surface area contributed by atoms with E-state index in [1.54, 1.807) is 16.0 Å². The third-order valence-electron chi connectivity index (χ3n) is 6.38. The summed E-state index contributed by atoms with van der Waals surface area (Å²) >= 11 is 0. The molecule has 2 fully saturated rings. The number of pyridine rings is 1. The van der Waals surface area contributed by atoms with Crippen LogP contribution in [0.5, 0.6) is 0 Å². The van der Waals surface area contributed by atoms with E-state index < -0.39 is 5.60 Å². The highest BCUT2D eigenvalue weighted by Gasteiger charge is 2.38. The normalized spacial score (nSPS) is 18.7. The fourth-order valence-electron chi connectivity index (χ4n) is 4.86. The van der Waals surface area contributed by atoms with Gasteiger partial charge in [0.1, 0.15) is 18.0 Å². The standard InChI is InChI=1S/C27H35N3O4/c1-27(2,3)34-26(32)30(21-13-7-8-14-21)24-22(15-9-17-28-24)23-16-10-18-29(23)25(31)33-19-20-11-5-4-6-12-20/h4-6,9,11-12,15,17,21,23H,7-8,10,13-14,16,18-19H2,1-3H3. The maximum Gasteiger partial charge on any atom is 0.416 e. The summed E-state index contributed by atoms with van der Waals surface area (Å²) < 4.78 is 11.4. The van der Waals surface area contributed by atoms with E-state index in [0.717, 1.165) is 49.7 Å². The third-order valence-corrected chi connectivity index (χ3v) is 6.38. The SMILES string of the molecule is CC(C)(C)OC(=O)N(c1ncccc1C1CCCN1C(=O)OCc1ccccc1)C1CCCC1. The lowest BCUT2D eigenvalue weighted by atomic mass is 10.0. The van der Waals surface area contributed by atoms with Crippen molar-refractivity contribution in [3.8, 4) is 0 Å². The number of hydrogen-bond acceptors (Lipinski definition) is 5. The van der Waals surface area contributed by atoms with E-state index in [2.05, 4.69) is 4.98 Å².